The number of hydrogen-bond donors (Lipinski definition) is 1. The monoisotopic (exact) mass is 422 g/mol. The molecule has 0 fully saturated rings. The van der Waals surface area contributed by atoms with E-state index in [1.807, 2.05) is 76.2 Å². The number of amides is 2. The van der Waals surface area contributed by atoms with Crippen LogP contribution in [-0.4, -0.2) is 42.6 Å². The first kappa shape index (κ1) is 22.6. The van der Waals surface area contributed by atoms with Crippen molar-refractivity contribution in [3.05, 3.63) is 65.4 Å². The second-order valence-electron chi connectivity index (χ2n) is 7.68. The number of carbonyl (C=O) groups excluding carboxylic acids is 2. The van der Waals surface area contributed by atoms with E-state index in [0.717, 1.165) is 17.0 Å². The summed E-state index contributed by atoms with van der Waals surface area (Å²) < 4.78 is 11.1. The van der Waals surface area contributed by atoms with Gasteiger partial charge in [-0.25, -0.2) is 0 Å². The molecule has 2 aromatic rings. The molecule has 0 bridgehead atoms. The lowest BCUT2D eigenvalue weighted by molar-refractivity contribution is -0.137. The highest BCUT2D eigenvalue weighted by Gasteiger charge is 2.39. The summed E-state index contributed by atoms with van der Waals surface area (Å²) in [5.74, 6) is 0.108. The summed E-state index contributed by atoms with van der Waals surface area (Å²) in [6.07, 6.45) is 0.699. The molecule has 1 aliphatic rings. The molecule has 164 valence electrons. The van der Waals surface area contributed by atoms with Gasteiger partial charge in [-0.2, -0.15) is 0 Å². The molecule has 0 spiro atoms. The number of hydrogen-bond acceptors (Lipinski definition) is 5. The van der Waals surface area contributed by atoms with Gasteiger partial charge in [-0.3, -0.25) is 14.5 Å². The van der Waals surface area contributed by atoms with E-state index < -0.39 is 0 Å². The van der Waals surface area contributed by atoms with Crippen LogP contribution in [0.1, 0.15) is 38.3 Å². The van der Waals surface area contributed by atoms with Gasteiger partial charge >= 0.3 is 0 Å². The molecule has 1 N–H and O–H groups in total. The molecule has 0 saturated carbocycles. The Labute approximate surface area is 183 Å². The van der Waals surface area contributed by atoms with Crippen molar-refractivity contribution in [2.75, 3.05) is 25.1 Å². The molecule has 3 rings (SSSR count). The topological polar surface area (TPSA) is 67.9 Å². The van der Waals surface area contributed by atoms with Crippen molar-refractivity contribution in [1.29, 1.82) is 0 Å². The van der Waals surface area contributed by atoms with Crippen LogP contribution in [0.4, 0.5) is 5.69 Å². The van der Waals surface area contributed by atoms with Gasteiger partial charge in [0.15, 0.2) is 0 Å². The highest BCUT2D eigenvalue weighted by molar-refractivity contribution is 6.36. The number of ether oxygens (including phenoxy) is 2. The average molecular weight is 423 g/mol. The van der Waals surface area contributed by atoms with Crippen LogP contribution in [-0.2, 0) is 14.3 Å². The molecule has 6 heteroatoms. The van der Waals surface area contributed by atoms with Gasteiger partial charge in [0.2, 0.25) is 0 Å². The Morgan fingerprint density at radius 3 is 2.35 bits per heavy atom. The second kappa shape index (κ2) is 10.3. The van der Waals surface area contributed by atoms with Crippen LogP contribution in [0.2, 0.25) is 0 Å². The number of nitrogens with one attached hydrogen (secondary N) is 1. The summed E-state index contributed by atoms with van der Waals surface area (Å²) in [5.41, 5.74) is 3.14. The Balaban J connectivity index is 1.91. The van der Waals surface area contributed by atoms with Gasteiger partial charge in [-0.15, -0.1) is 0 Å². The molecular formula is C25H30N2O4. The van der Waals surface area contributed by atoms with Crippen molar-refractivity contribution in [2.45, 2.75) is 40.2 Å². The zero-order valence-corrected chi connectivity index (χ0v) is 18.6. The summed E-state index contributed by atoms with van der Waals surface area (Å²) in [7, 11) is 0. The zero-order valence-electron chi connectivity index (χ0n) is 18.6. The number of carbonyl (C=O) groups is 2. The number of anilines is 1. The largest absolute Gasteiger partial charge is 0.494 e. The van der Waals surface area contributed by atoms with E-state index in [-0.39, 0.29) is 17.9 Å². The van der Waals surface area contributed by atoms with Gasteiger partial charge in [0.05, 0.1) is 18.3 Å². The Bertz CT molecular complexity index is 964. The summed E-state index contributed by atoms with van der Waals surface area (Å²) in [6.45, 7) is 9.16. The van der Waals surface area contributed by atoms with Crippen LogP contribution in [0.5, 0.6) is 5.75 Å². The maximum atomic E-state index is 13.3. The molecule has 6 nitrogen and oxygen atoms in total. The van der Waals surface area contributed by atoms with Crippen molar-refractivity contribution >= 4 is 23.1 Å². The van der Waals surface area contributed by atoms with Crippen LogP contribution < -0.4 is 10.1 Å². The first-order valence-electron chi connectivity index (χ1n) is 10.7. The molecule has 0 saturated heterocycles. The standard InChI is InChI=1S/C25H30N2O4/c1-5-30-20-13-11-19(12-14-20)22-23(26-21-10-7-6-9-18(21)4)25(29)27(24(22)28)15-8-16-31-17(2)3/h6-7,9-14,17,26H,5,8,15-16H2,1-4H3. The minimum atomic E-state index is -0.318. The van der Waals surface area contributed by atoms with Crippen molar-refractivity contribution in [1.82, 2.24) is 4.90 Å². The number of benzene rings is 2. The quantitative estimate of drug-likeness (QED) is 0.454. The maximum Gasteiger partial charge on any atom is 0.278 e. The minimum absolute atomic E-state index is 0.112. The van der Waals surface area contributed by atoms with Crippen LogP contribution in [0.15, 0.2) is 54.2 Å². The zero-order chi connectivity index (χ0) is 22.4. The van der Waals surface area contributed by atoms with Crippen molar-refractivity contribution in [2.24, 2.45) is 0 Å². The Kier molecular flexibility index (Phi) is 7.47. The van der Waals surface area contributed by atoms with Crippen LogP contribution in [0.25, 0.3) is 5.57 Å². The van der Waals surface area contributed by atoms with E-state index in [1.54, 1.807) is 0 Å². The van der Waals surface area contributed by atoms with Gasteiger partial charge < -0.3 is 14.8 Å². The van der Waals surface area contributed by atoms with Crippen molar-refractivity contribution in [3.8, 4) is 5.75 Å². The Morgan fingerprint density at radius 2 is 1.71 bits per heavy atom. The maximum absolute atomic E-state index is 13.3. The first-order chi connectivity index (χ1) is 14.9. The number of para-hydroxylation sites is 1. The van der Waals surface area contributed by atoms with Crippen LogP contribution in [0, 0.1) is 6.92 Å². The third-order valence-electron chi connectivity index (χ3n) is 5.00. The first-order valence-corrected chi connectivity index (χ1v) is 10.7. The predicted molar refractivity (Wildman–Crippen MR) is 122 cm³/mol. The predicted octanol–water partition coefficient (Wildman–Crippen LogP) is 4.40. The summed E-state index contributed by atoms with van der Waals surface area (Å²) in [6, 6.07) is 14.9. The smallest absolute Gasteiger partial charge is 0.278 e. The van der Waals surface area contributed by atoms with Gasteiger partial charge in [-0.05, 0) is 63.4 Å². The van der Waals surface area contributed by atoms with Gasteiger partial charge in [-0.1, -0.05) is 30.3 Å². The van der Waals surface area contributed by atoms with E-state index in [2.05, 4.69) is 5.32 Å². The third kappa shape index (κ3) is 5.33. The van der Waals surface area contributed by atoms with Crippen molar-refractivity contribution < 1.29 is 19.1 Å². The van der Waals surface area contributed by atoms with E-state index in [4.69, 9.17) is 9.47 Å². The molecule has 2 aromatic carbocycles. The fourth-order valence-corrected chi connectivity index (χ4v) is 3.44. The summed E-state index contributed by atoms with van der Waals surface area (Å²) in [5, 5.41) is 3.22. The van der Waals surface area contributed by atoms with E-state index in [1.165, 1.54) is 4.90 Å². The van der Waals surface area contributed by atoms with Gasteiger partial charge in [0, 0.05) is 18.8 Å². The normalized spacial score (nSPS) is 14.0. The lowest BCUT2D eigenvalue weighted by atomic mass is 10.0. The third-order valence-corrected chi connectivity index (χ3v) is 5.00. The lowest BCUT2D eigenvalue weighted by Gasteiger charge is -2.16. The van der Waals surface area contributed by atoms with Gasteiger partial charge in [0.1, 0.15) is 11.4 Å². The highest BCUT2D eigenvalue weighted by atomic mass is 16.5. The fraction of sp³-hybridized carbons (Fsp3) is 0.360. The summed E-state index contributed by atoms with van der Waals surface area (Å²) in [4.78, 5) is 27.8. The minimum Gasteiger partial charge on any atom is -0.494 e. The molecule has 1 aliphatic heterocycles. The molecule has 1 heterocycles. The van der Waals surface area contributed by atoms with Gasteiger partial charge in [0.25, 0.3) is 11.8 Å². The molecule has 0 aliphatic carbocycles. The number of aryl methyl sites for hydroxylation is 1. The second-order valence-corrected chi connectivity index (χ2v) is 7.68. The van der Waals surface area contributed by atoms with Crippen molar-refractivity contribution in [3.63, 3.8) is 0 Å². The highest BCUT2D eigenvalue weighted by Crippen LogP contribution is 2.32. The lowest BCUT2D eigenvalue weighted by Crippen LogP contribution is -2.34. The molecule has 31 heavy (non-hydrogen) atoms. The fourth-order valence-electron chi connectivity index (χ4n) is 3.44. The van der Waals surface area contributed by atoms with Crippen LogP contribution >= 0.6 is 0 Å². The molecule has 0 aromatic heterocycles. The SMILES string of the molecule is CCOc1ccc(C2=C(Nc3ccccc3C)C(=O)N(CCCOC(C)C)C2=O)cc1. The molecular weight excluding hydrogens is 392 g/mol. The van der Waals surface area contributed by atoms with E-state index >= 15 is 0 Å². The number of rotatable bonds is 10. The molecule has 0 radical (unpaired) electrons. The van der Waals surface area contributed by atoms with E-state index in [0.29, 0.717) is 43.0 Å². The van der Waals surface area contributed by atoms with E-state index in [9.17, 15) is 9.59 Å². The van der Waals surface area contributed by atoms with Crippen LogP contribution in [0.3, 0.4) is 0 Å². The number of nitrogens with zero attached hydrogens (tertiary/aromatic N) is 1. The molecule has 2 amide bonds. The average Bonchev–Trinajstić information content (AvgIpc) is 2.97. The Morgan fingerprint density at radius 1 is 1.00 bits per heavy atom. The number of imide groups is 1. The summed E-state index contributed by atoms with van der Waals surface area (Å²) >= 11 is 0. The molecule has 0 atom stereocenters. The molecule has 0 unspecified atom stereocenters. The Hall–Kier alpha value is -3.12.